The Morgan fingerprint density at radius 3 is 1.63 bits per heavy atom. The van der Waals surface area contributed by atoms with Crippen molar-refractivity contribution in [3.8, 4) is 11.5 Å². The zero-order chi connectivity index (χ0) is 25.4. The lowest BCUT2D eigenvalue weighted by Gasteiger charge is -2.24. The van der Waals surface area contributed by atoms with Gasteiger partial charge in [-0.05, 0) is 44.9 Å². The fourth-order valence-corrected chi connectivity index (χ4v) is 4.23. The molecule has 0 radical (unpaired) electrons. The van der Waals surface area contributed by atoms with Gasteiger partial charge in [-0.25, -0.2) is 9.59 Å². The lowest BCUT2D eigenvalue weighted by atomic mass is 10.00. The summed E-state index contributed by atoms with van der Waals surface area (Å²) in [7, 11) is 0. The van der Waals surface area contributed by atoms with Crippen LogP contribution in [0.3, 0.4) is 0 Å². The fourth-order valence-electron chi connectivity index (χ4n) is 4.05. The average molecular weight is 501 g/mol. The molecule has 0 spiro atoms. The summed E-state index contributed by atoms with van der Waals surface area (Å²) in [4.78, 5) is 25.3. The molecular weight excluding hydrogens is 468 g/mol. The molecule has 2 unspecified atom stereocenters. The van der Waals surface area contributed by atoms with Crippen molar-refractivity contribution in [1.82, 2.24) is 0 Å². The highest BCUT2D eigenvalue weighted by atomic mass is 35.5. The molecule has 0 heterocycles. The van der Waals surface area contributed by atoms with Crippen molar-refractivity contribution in [2.75, 3.05) is 13.2 Å². The number of benzene rings is 3. The number of carbonyl (C=O) groups is 2. The van der Waals surface area contributed by atoms with Crippen LogP contribution in [0.4, 0.5) is 0 Å². The van der Waals surface area contributed by atoms with Gasteiger partial charge < -0.3 is 18.9 Å². The standard InChI is InChI=1S/C28H33ClO6/c1-5-11-23(27(30)32-7-3)34-25-19-13-9-10-14-20(19)26(22-17-18(29)15-16-21(22)25)35-24(12-6-2)28(31)33-8-4/h9-10,13-17,23-24H,5-8,11-12H2,1-4H3. The van der Waals surface area contributed by atoms with Crippen LogP contribution in [0.2, 0.25) is 5.02 Å². The SMILES string of the molecule is CCCC(Oc1c2ccccc2c(OC(CCC)C(=O)OCC)c2cc(Cl)ccc12)C(=O)OCC. The monoisotopic (exact) mass is 500 g/mol. The highest BCUT2D eigenvalue weighted by molar-refractivity contribution is 6.31. The Morgan fingerprint density at radius 1 is 0.714 bits per heavy atom. The van der Waals surface area contributed by atoms with Gasteiger partial charge in [-0.1, -0.05) is 62.6 Å². The minimum Gasteiger partial charge on any atom is -0.477 e. The number of rotatable bonds is 12. The molecule has 0 aliphatic rings. The van der Waals surface area contributed by atoms with E-state index in [2.05, 4.69) is 0 Å². The topological polar surface area (TPSA) is 71.1 Å². The molecule has 0 saturated heterocycles. The molecule has 3 aromatic rings. The predicted molar refractivity (Wildman–Crippen MR) is 138 cm³/mol. The van der Waals surface area contributed by atoms with E-state index in [0.717, 1.165) is 29.0 Å². The number of ether oxygens (including phenoxy) is 4. The van der Waals surface area contributed by atoms with Crippen molar-refractivity contribution < 1.29 is 28.5 Å². The third kappa shape index (κ3) is 6.17. The van der Waals surface area contributed by atoms with E-state index in [9.17, 15) is 9.59 Å². The van der Waals surface area contributed by atoms with Crippen LogP contribution in [0.25, 0.3) is 21.5 Å². The van der Waals surface area contributed by atoms with E-state index in [-0.39, 0.29) is 13.2 Å². The number of esters is 2. The van der Waals surface area contributed by atoms with Gasteiger partial charge in [0.2, 0.25) is 0 Å². The summed E-state index contributed by atoms with van der Waals surface area (Å²) < 4.78 is 23.3. The second-order valence-electron chi connectivity index (χ2n) is 8.19. The van der Waals surface area contributed by atoms with E-state index < -0.39 is 24.1 Å². The van der Waals surface area contributed by atoms with Crippen molar-refractivity contribution in [2.45, 2.75) is 65.6 Å². The van der Waals surface area contributed by atoms with Crippen molar-refractivity contribution in [3.05, 3.63) is 47.5 Å². The molecule has 188 valence electrons. The van der Waals surface area contributed by atoms with Gasteiger partial charge in [-0.2, -0.15) is 0 Å². The number of fused-ring (bicyclic) bond motifs is 2. The van der Waals surface area contributed by atoms with E-state index in [0.29, 0.717) is 34.7 Å². The van der Waals surface area contributed by atoms with Crippen LogP contribution in [0.15, 0.2) is 42.5 Å². The molecule has 0 bridgehead atoms. The van der Waals surface area contributed by atoms with Crippen LogP contribution >= 0.6 is 11.6 Å². The van der Waals surface area contributed by atoms with Crippen LogP contribution in [0.5, 0.6) is 11.5 Å². The molecule has 6 nitrogen and oxygen atoms in total. The first-order chi connectivity index (χ1) is 16.9. The molecule has 2 atom stereocenters. The average Bonchev–Trinajstić information content (AvgIpc) is 2.85. The van der Waals surface area contributed by atoms with Gasteiger partial charge in [0.1, 0.15) is 11.5 Å². The molecule has 0 fully saturated rings. The van der Waals surface area contributed by atoms with E-state index >= 15 is 0 Å². The summed E-state index contributed by atoms with van der Waals surface area (Å²) in [6.45, 7) is 8.08. The Morgan fingerprint density at radius 2 is 1.17 bits per heavy atom. The van der Waals surface area contributed by atoms with Gasteiger partial charge in [-0.3, -0.25) is 0 Å². The molecular formula is C28H33ClO6. The number of hydrogen-bond acceptors (Lipinski definition) is 6. The highest BCUT2D eigenvalue weighted by Gasteiger charge is 2.27. The van der Waals surface area contributed by atoms with E-state index in [1.807, 2.05) is 44.2 Å². The van der Waals surface area contributed by atoms with Crippen LogP contribution in [-0.4, -0.2) is 37.4 Å². The predicted octanol–water partition coefficient (Wildman–Crippen LogP) is 6.87. The summed E-state index contributed by atoms with van der Waals surface area (Å²) in [5, 5.41) is 3.45. The van der Waals surface area contributed by atoms with Crippen LogP contribution < -0.4 is 9.47 Å². The molecule has 7 heteroatoms. The zero-order valence-electron chi connectivity index (χ0n) is 20.8. The number of carbonyl (C=O) groups excluding carboxylic acids is 2. The third-order valence-corrected chi connectivity index (χ3v) is 5.84. The minimum absolute atomic E-state index is 0.273. The van der Waals surface area contributed by atoms with Crippen molar-refractivity contribution in [3.63, 3.8) is 0 Å². The van der Waals surface area contributed by atoms with E-state index in [1.54, 1.807) is 26.0 Å². The smallest absolute Gasteiger partial charge is 0.347 e. The van der Waals surface area contributed by atoms with Gasteiger partial charge in [0, 0.05) is 26.6 Å². The first kappa shape index (κ1) is 26.6. The maximum atomic E-state index is 12.6. The van der Waals surface area contributed by atoms with Gasteiger partial charge in [0.05, 0.1) is 13.2 Å². The molecule has 0 aromatic heterocycles. The van der Waals surface area contributed by atoms with Crippen LogP contribution in [0.1, 0.15) is 53.4 Å². The fraction of sp³-hybridized carbons (Fsp3) is 0.429. The maximum Gasteiger partial charge on any atom is 0.347 e. The van der Waals surface area contributed by atoms with Crippen LogP contribution in [0, 0.1) is 0 Å². The zero-order valence-corrected chi connectivity index (χ0v) is 21.5. The molecule has 0 N–H and O–H groups in total. The Balaban J connectivity index is 2.22. The van der Waals surface area contributed by atoms with Crippen molar-refractivity contribution in [2.24, 2.45) is 0 Å². The lowest BCUT2D eigenvalue weighted by Crippen LogP contribution is -2.30. The molecule has 0 aliphatic heterocycles. The number of halogens is 1. The second-order valence-corrected chi connectivity index (χ2v) is 8.62. The Kier molecular flexibility index (Phi) is 9.61. The summed E-state index contributed by atoms with van der Waals surface area (Å²) >= 11 is 6.39. The molecule has 3 rings (SSSR count). The first-order valence-electron chi connectivity index (χ1n) is 12.3. The van der Waals surface area contributed by atoms with E-state index in [4.69, 9.17) is 30.5 Å². The molecule has 0 saturated carbocycles. The quantitative estimate of drug-likeness (QED) is 0.199. The summed E-state index contributed by atoms with van der Waals surface area (Å²) in [5.41, 5.74) is 0. The molecule has 0 aliphatic carbocycles. The lowest BCUT2D eigenvalue weighted by molar-refractivity contribution is -0.152. The van der Waals surface area contributed by atoms with Gasteiger partial charge in [0.25, 0.3) is 0 Å². The molecule has 3 aromatic carbocycles. The Labute approximate surface area is 211 Å². The van der Waals surface area contributed by atoms with Crippen LogP contribution in [-0.2, 0) is 19.1 Å². The largest absolute Gasteiger partial charge is 0.477 e. The third-order valence-electron chi connectivity index (χ3n) is 5.61. The molecule has 35 heavy (non-hydrogen) atoms. The highest BCUT2D eigenvalue weighted by Crippen LogP contribution is 2.44. The summed E-state index contributed by atoms with van der Waals surface area (Å²) in [6, 6.07) is 13.0. The summed E-state index contributed by atoms with van der Waals surface area (Å²) in [6.07, 6.45) is 1.02. The van der Waals surface area contributed by atoms with Gasteiger partial charge >= 0.3 is 11.9 Å². The maximum absolute atomic E-state index is 12.6. The van der Waals surface area contributed by atoms with Crippen molar-refractivity contribution in [1.29, 1.82) is 0 Å². The van der Waals surface area contributed by atoms with Gasteiger partial charge in [-0.15, -0.1) is 0 Å². The normalized spacial score (nSPS) is 12.8. The Hall–Kier alpha value is -2.99. The van der Waals surface area contributed by atoms with Crippen molar-refractivity contribution >= 4 is 45.1 Å². The minimum atomic E-state index is -0.760. The number of hydrogen-bond donors (Lipinski definition) is 0. The van der Waals surface area contributed by atoms with Gasteiger partial charge in [0.15, 0.2) is 12.2 Å². The second kappa shape index (κ2) is 12.6. The first-order valence-corrected chi connectivity index (χ1v) is 12.6. The Bertz CT molecular complexity index is 1180. The van der Waals surface area contributed by atoms with E-state index in [1.165, 1.54) is 0 Å². The summed E-state index contributed by atoms with van der Waals surface area (Å²) in [5.74, 6) is 0.278. The molecule has 0 amide bonds.